The number of aromatic nitrogens is 1. The molecule has 150 valence electrons. The molecule has 0 fully saturated rings. The van der Waals surface area contributed by atoms with E-state index in [9.17, 15) is 4.79 Å². The summed E-state index contributed by atoms with van der Waals surface area (Å²) in [5.41, 5.74) is 6.45. The highest BCUT2D eigenvalue weighted by Crippen LogP contribution is 2.30. The lowest BCUT2D eigenvalue weighted by molar-refractivity contribution is -0.111. The number of anilines is 1. The number of nitrogens with zero attached hydrogens (tertiary/aromatic N) is 1. The Bertz CT molecular complexity index is 1070. The minimum absolute atomic E-state index is 0.238. The van der Waals surface area contributed by atoms with Crippen molar-refractivity contribution in [1.29, 1.82) is 0 Å². The number of methoxy groups -OCH3 is 2. The molecule has 0 saturated carbocycles. The van der Waals surface area contributed by atoms with Crippen LogP contribution < -0.4 is 14.8 Å². The van der Waals surface area contributed by atoms with Crippen molar-refractivity contribution in [3.8, 4) is 22.8 Å². The van der Waals surface area contributed by atoms with Crippen molar-refractivity contribution in [2.24, 2.45) is 0 Å². The molecule has 3 rings (SSSR count). The summed E-state index contributed by atoms with van der Waals surface area (Å²) in [6.07, 6.45) is 3.20. The van der Waals surface area contributed by atoms with Crippen LogP contribution >= 0.6 is 11.3 Å². The van der Waals surface area contributed by atoms with Gasteiger partial charge < -0.3 is 9.47 Å². The van der Waals surface area contributed by atoms with E-state index in [1.165, 1.54) is 34.1 Å². The van der Waals surface area contributed by atoms with Crippen LogP contribution in [0.25, 0.3) is 17.3 Å². The number of aryl methyl sites for hydroxylation is 3. The molecule has 2 aromatic carbocycles. The summed E-state index contributed by atoms with van der Waals surface area (Å²) in [6.45, 7) is 6.26. The second kappa shape index (κ2) is 8.92. The van der Waals surface area contributed by atoms with Gasteiger partial charge in [-0.3, -0.25) is 10.1 Å². The monoisotopic (exact) mass is 408 g/mol. The number of thiazole rings is 1. The zero-order valence-electron chi connectivity index (χ0n) is 17.2. The third kappa shape index (κ3) is 4.84. The molecule has 0 atom stereocenters. The number of hydrogen-bond acceptors (Lipinski definition) is 5. The van der Waals surface area contributed by atoms with Crippen LogP contribution in [0.2, 0.25) is 0 Å². The zero-order valence-corrected chi connectivity index (χ0v) is 18.0. The van der Waals surface area contributed by atoms with E-state index in [1.807, 2.05) is 17.5 Å². The number of carbonyl (C=O) groups excluding carboxylic acids is 1. The molecule has 1 aromatic heterocycles. The number of rotatable bonds is 6. The van der Waals surface area contributed by atoms with Crippen molar-refractivity contribution in [1.82, 2.24) is 4.98 Å². The largest absolute Gasteiger partial charge is 0.493 e. The van der Waals surface area contributed by atoms with Gasteiger partial charge in [-0.05, 0) is 67.3 Å². The first-order valence-corrected chi connectivity index (χ1v) is 10.0. The SMILES string of the molecule is COc1ccc(C=CC(=O)Nc2nc(-c3cc(C)c(C)cc3C)cs2)cc1OC. The maximum Gasteiger partial charge on any atom is 0.250 e. The van der Waals surface area contributed by atoms with Crippen molar-refractivity contribution in [2.75, 3.05) is 19.5 Å². The molecule has 1 heterocycles. The molecule has 3 aromatic rings. The van der Waals surface area contributed by atoms with Gasteiger partial charge in [-0.15, -0.1) is 11.3 Å². The van der Waals surface area contributed by atoms with Gasteiger partial charge in [0.05, 0.1) is 19.9 Å². The lowest BCUT2D eigenvalue weighted by atomic mass is 9.99. The van der Waals surface area contributed by atoms with E-state index in [0.717, 1.165) is 16.8 Å². The molecule has 0 radical (unpaired) electrons. The smallest absolute Gasteiger partial charge is 0.250 e. The van der Waals surface area contributed by atoms with E-state index in [0.29, 0.717) is 16.6 Å². The summed E-state index contributed by atoms with van der Waals surface area (Å²) < 4.78 is 10.5. The van der Waals surface area contributed by atoms with Crippen LogP contribution in [0, 0.1) is 20.8 Å². The first-order chi connectivity index (χ1) is 13.9. The summed E-state index contributed by atoms with van der Waals surface area (Å²) in [7, 11) is 3.16. The Balaban J connectivity index is 1.71. The predicted molar refractivity (Wildman–Crippen MR) is 119 cm³/mol. The van der Waals surface area contributed by atoms with Gasteiger partial charge in [0.1, 0.15) is 0 Å². The Labute approximate surface area is 175 Å². The van der Waals surface area contributed by atoms with Gasteiger partial charge in [0.2, 0.25) is 5.91 Å². The number of benzene rings is 2. The molecule has 0 aliphatic heterocycles. The molecule has 0 aliphatic rings. The maximum absolute atomic E-state index is 12.3. The third-order valence-electron chi connectivity index (χ3n) is 4.69. The number of nitrogens with one attached hydrogen (secondary N) is 1. The van der Waals surface area contributed by atoms with Gasteiger partial charge in [0, 0.05) is 17.0 Å². The molecule has 5 nitrogen and oxygen atoms in total. The lowest BCUT2D eigenvalue weighted by Crippen LogP contribution is -2.07. The lowest BCUT2D eigenvalue weighted by Gasteiger charge is -2.07. The summed E-state index contributed by atoms with van der Waals surface area (Å²) in [4.78, 5) is 16.9. The zero-order chi connectivity index (χ0) is 21.0. The van der Waals surface area contributed by atoms with Crippen LogP contribution in [-0.4, -0.2) is 25.1 Å². The fourth-order valence-corrected chi connectivity index (χ4v) is 3.68. The number of amides is 1. The Hall–Kier alpha value is -3.12. The molecule has 0 aliphatic carbocycles. The fraction of sp³-hybridized carbons (Fsp3) is 0.217. The van der Waals surface area contributed by atoms with Crippen molar-refractivity contribution in [2.45, 2.75) is 20.8 Å². The minimum atomic E-state index is -0.238. The average molecular weight is 409 g/mol. The van der Waals surface area contributed by atoms with E-state index in [1.54, 1.807) is 26.4 Å². The molecule has 0 saturated heterocycles. The Kier molecular flexibility index (Phi) is 6.34. The maximum atomic E-state index is 12.3. The van der Waals surface area contributed by atoms with E-state index in [-0.39, 0.29) is 5.91 Å². The quantitative estimate of drug-likeness (QED) is 0.555. The van der Waals surface area contributed by atoms with E-state index < -0.39 is 0 Å². The summed E-state index contributed by atoms with van der Waals surface area (Å²) in [6, 6.07) is 9.77. The number of carbonyl (C=O) groups is 1. The van der Waals surface area contributed by atoms with Crippen LogP contribution in [0.15, 0.2) is 41.8 Å². The number of hydrogen-bond donors (Lipinski definition) is 1. The molecule has 0 unspecified atom stereocenters. The van der Waals surface area contributed by atoms with Crippen LogP contribution in [0.1, 0.15) is 22.3 Å². The molecule has 0 bridgehead atoms. The van der Waals surface area contributed by atoms with Crippen LogP contribution in [0.4, 0.5) is 5.13 Å². The first-order valence-electron chi connectivity index (χ1n) is 9.16. The van der Waals surface area contributed by atoms with Crippen molar-refractivity contribution in [3.63, 3.8) is 0 Å². The second-order valence-corrected chi connectivity index (χ2v) is 7.58. The fourth-order valence-electron chi connectivity index (χ4n) is 2.97. The normalized spacial score (nSPS) is 10.9. The Morgan fingerprint density at radius 1 is 1.00 bits per heavy atom. The highest BCUT2D eigenvalue weighted by molar-refractivity contribution is 7.14. The van der Waals surface area contributed by atoms with Gasteiger partial charge >= 0.3 is 0 Å². The Morgan fingerprint density at radius 2 is 1.72 bits per heavy atom. The summed E-state index contributed by atoms with van der Waals surface area (Å²) in [5, 5.41) is 5.36. The highest BCUT2D eigenvalue weighted by Gasteiger charge is 2.10. The van der Waals surface area contributed by atoms with Crippen molar-refractivity contribution in [3.05, 3.63) is 64.0 Å². The average Bonchev–Trinajstić information content (AvgIpc) is 3.16. The van der Waals surface area contributed by atoms with Gasteiger partial charge in [0.25, 0.3) is 0 Å². The van der Waals surface area contributed by atoms with E-state index in [2.05, 4.69) is 43.2 Å². The molecule has 6 heteroatoms. The van der Waals surface area contributed by atoms with E-state index >= 15 is 0 Å². The Morgan fingerprint density at radius 3 is 2.45 bits per heavy atom. The van der Waals surface area contributed by atoms with Gasteiger partial charge in [-0.1, -0.05) is 12.1 Å². The molecular formula is C23H24N2O3S. The molecule has 29 heavy (non-hydrogen) atoms. The van der Waals surface area contributed by atoms with E-state index in [4.69, 9.17) is 9.47 Å². The molecule has 0 spiro atoms. The van der Waals surface area contributed by atoms with Gasteiger partial charge in [0.15, 0.2) is 16.6 Å². The topological polar surface area (TPSA) is 60.5 Å². The second-order valence-electron chi connectivity index (χ2n) is 6.73. The highest BCUT2D eigenvalue weighted by atomic mass is 32.1. The van der Waals surface area contributed by atoms with Crippen molar-refractivity contribution >= 4 is 28.5 Å². The molecule has 1 amide bonds. The molecule has 1 N–H and O–H groups in total. The predicted octanol–water partition coefficient (Wildman–Crippen LogP) is 5.40. The molecular weight excluding hydrogens is 384 g/mol. The van der Waals surface area contributed by atoms with Crippen LogP contribution in [0.3, 0.4) is 0 Å². The number of ether oxygens (including phenoxy) is 2. The first kappa shape index (κ1) is 20.6. The van der Waals surface area contributed by atoms with Gasteiger partial charge in [-0.2, -0.15) is 0 Å². The minimum Gasteiger partial charge on any atom is -0.493 e. The van der Waals surface area contributed by atoms with Gasteiger partial charge in [-0.25, -0.2) is 4.98 Å². The van der Waals surface area contributed by atoms with Crippen molar-refractivity contribution < 1.29 is 14.3 Å². The van der Waals surface area contributed by atoms with Crippen LogP contribution in [-0.2, 0) is 4.79 Å². The summed E-state index contributed by atoms with van der Waals surface area (Å²) in [5.74, 6) is 1.02. The standard InChI is InChI=1S/C23H24N2O3S/c1-14-10-16(3)18(11-15(14)2)19-13-29-23(24-19)25-22(26)9-7-17-6-8-20(27-4)21(12-17)28-5/h6-13H,1-5H3,(H,24,25,26). The third-order valence-corrected chi connectivity index (χ3v) is 5.44. The van der Waals surface area contributed by atoms with Crippen LogP contribution in [0.5, 0.6) is 11.5 Å². The summed E-state index contributed by atoms with van der Waals surface area (Å²) >= 11 is 1.41.